The molecule has 4 nitrogen and oxygen atoms in total. The second-order valence-electron chi connectivity index (χ2n) is 35.2. The zero-order chi connectivity index (χ0) is 86.5. The highest BCUT2D eigenvalue weighted by Crippen LogP contribution is 2.66. The van der Waals surface area contributed by atoms with Crippen molar-refractivity contribution < 1.29 is 9.31 Å². The monoisotopic (exact) mass is 1780 g/mol. The summed E-state index contributed by atoms with van der Waals surface area (Å²) in [6, 6.07) is 146. The quantitative estimate of drug-likeness (QED) is 0.128. The van der Waals surface area contributed by atoms with Gasteiger partial charge in [-0.15, -0.1) is 0 Å². The van der Waals surface area contributed by atoms with E-state index in [1.54, 1.807) is 0 Å². The number of rotatable bonds is 10. The summed E-state index contributed by atoms with van der Waals surface area (Å²) in [6.07, 6.45) is 3.84. The summed E-state index contributed by atoms with van der Waals surface area (Å²) in [5.41, 5.74) is 41.8. The van der Waals surface area contributed by atoms with Crippen LogP contribution in [0.4, 0.5) is 0 Å². The minimum Gasteiger partial charge on any atom is -0.399 e. The van der Waals surface area contributed by atoms with Gasteiger partial charge in [-0.3, -0.25) is 0 Å². The number of hydrogen-bond acceptors (Lipinski definition) is 2. The van der Waals surface area contributed by atoms with Crippen LogP contribution in [0.25, 0.3) is 167 Å². The van der Waals surface area contributed by atoms with Crippen LogP contribution >= 0.6 is 39.1 Å². The maximum atomic E-state index is 6.33. The zero-order valence-electron chi connectivity index (χ0n) is 71.1. The lowest BCUT2D eigenvalue weighted by molar-refractivity contribution is 0.00578. The van der Waals surface area contributed by atoms with E-state index in [4.69, 9.17) is 32.5 Å². The highest BCUT2D eigenvalue weighted by atomic mass is 79.9. The minimum absolute atomic E-state index is 0. The summed E-state index contributed by atoms with van der Waals surface area (Å²) in [7, 11) is -0.399. The third-order valence-electron chi connectivity index (χ3n) is 27.8. The van der Waals surface area contributed by atoms with Gasteiger partial charge >= 0.3 is 7.12 Å². The van der Waals surface area contributed by atoms with Gasteiger partial charge in [-0.25, -0.2) is 0 Å². The third-order valence-corrected chi connectivity index (χ3v) is 28.8. The Hall–Kier alpha value is -13.9. The summed E-state index contributed by atoms with van der Waals surface area (Å²) in [5.74, 6) is 0. The number of aromatic nitrogens is 2. The van der Waals surface area contributed by atoms with Crippen molar-refractivity contribution in [1.29, 1.82) is 0 Å². The summed E-state index contributed by atoms with van der Waals surface area (Å²) < 4.78 is 18.5. The van der Waals surface area contributed by atoms with Gasteiger partial charge in [0, 0.05) is 47.4 Å². The molecule has 2 atom stereocenters. The van der Waals surface area contributed by atoms with Gasteiger partial charge in [-0.1, -0.05) is 352 Å². The van der Waals surface area contributed by atoms with E-state index in [-0.39, 0.29) is 31.5 Å². The SMILES string of the molecule is C.C.C=Cc1cccc(-c2ccc3c(c2)C2(c4ccccc4-3)c3ccccc3-c3ccc(-c4cccc(-n5c6ccccc6c6cc(-c7ccc(Cl)cc7)ccc65)c4)cc32)c1.C=Cc1cccc(-c2ccc3c(c2)C2(c4ccccc4-c4ccc(Br)cc42)c2ccccc2-3)c1.CC1(C)OB(c2cccc(-n3c4ccccc4c4cc(-c5ccc(Cl)cc5)ccc43)c2)OC1(C)C. The van der Waals surface area contributed by atoms with Crippen LogP contribution in [0, 0.1) is 0 Å². The molecule has 1 fully saturated rings. The molecule has 4 aliphatic carbocycles. The van der Waals surface area contributed by atoms with Crippen molar-refractivity contribution in [3.63, 3.8) is 0 Å². The van der Waals surface area contributed by atoms with Crippen LogP contribution in [0.1, 0.15) is 98.2 Å². The van der Waals surface area contributed by atoms with Crippen molar-refractivity contribution in [2.24, 2.45) is 0 Å². The van der Waals surface area contributed by atoms with Crippen molar-refractivity contribution in [2.75, 3.05) is 0 Å². The first-order valence-corrected chi connectivity index (χ1v) is 45.3. The maximum absolute atomic E-state index is 6.33. The Balaban J connectivity index is 0.000000124. The van der Waals surface area contributed by atoms with Crippen LogP contribution in [0.15, 0.2) is 418 Å². The van der Waals surface area contributed by atoms with Crippen LogP contribution in [0.2, 0.25) is 10.0 Å². The van der Waals surface area contributed by atoms with E-state index in [9.17, 15) is 0 Å². The molecule has 5 aliphatic rings. The van der Waals surface area contributed by atoms with Gasteiger partial charge in [-0.2, -0.15) is 0 Å². The minimum atomic E-state index is -0.466. The number of nitrogens with zero attached hydrogens (tertiary/aromatic N) is 2. The van der Waals surface area contributed by atoms with E-state index in [1.165, 1.54) is 172 Å². The molecule has 2 unspecified atom stereocenters. The first-order chi connectivity index (χ1) is 62.5. The smallest absolute Gasteiger partial charge is 0.399 e. The molecule has 8 heteroatoms. The van der Waals surface area contributed by atoms with E-state index in [1.807, 2.05) is 36.4 Å². The lowest BCUT2D eigenvalue weighted by Gasteiger charge is -2.32. The second kappa shape index (κ2) is 32.4. The van der Waals surface area contributed by atoms with Crippen LogP contribution in [0.3, 0.4) is 0 Å². The van der Waals surface area contributed by atoms with Gasteiger partial charge in [-0.05, 0) is 316 Å². The number of fused-ring (bicyclic) bond motifs is 26. The molecule has 0 saturated carbocycles. The van der Waals surface area contributed by atoms with Gasteiger partial charge in [0.15, 0.2) is 0 Å². The first kappa shape index (κ1) is 83.0. The number of para-hydroxylation sites is 2. The molecule has 0 radical (unpaired) electrons. The molecule has 0 bridgehead atoms. The Morgan fingerprint density at radius 1 is 0.269 bits per heavy atom. The molecule has 25 rings (SSSR count). The van der Waals surface area contributed by atoms with Gasteiger partial charge in [0.25, 0.3) is 0 Å². The molecule has 20 aromatic rings. The number of halogens is 3. The highest BCUT2D eigenvalue weighted by molar-refractivity contribution is 9.10. The van der Waals surface area contributed by atoms with Crippen LogP contribution in [-0.4, -0.2) is 27.5 Å². The molecule has 626 valence electrons. The average Bonchev–Trinajstić information content (AvgIpc) is 1.51. The van der Waals surface area contributed by atoms with Crippen LogP contribution in [-0.2, 0) is 20.1 Å². The fourth-order valence-electron chi connectivity index (χ4n) is 21.2. The molecule has 1 saturated heterocycles. The van der Waals surface area contributed by atoms with Crippen molar-refractivity contribution in [1.82, 2.24) is 9.13 Å². The molecule has 1 aliphatic heterocycles. The fraction of sp³-hybridized carbons (Fsp3) is 0.0820. The van der Waals surface area contributed by atoms with Crippen molar-refractivity contribution in [3.8, 4) is 112 Å². The zero-order valence-corrected chi connectivity index (χ0v) is 74.2. The van der Waals surface area contributed by atoms with E-state index in [0.29, 0.717) is 0 Å². The molecule has 18 aromatic carbocycles. The van der Waals surface area contributed by atoms with Crippen molar-refractivity contribution >= 4 is 107 Å². The van der Waals surface area contributed by atoms with Gasteiger partial charge in [0.1, 0.15) is 0 Å². The average molecular weight is 1780 g/mol. The van der Waals surface area contributed by atoms with Gasteiger partial charge < -0.3 is 18.4 Å². The topological polar surface area (TPSA) is 28.3 Å². The van der Waals surface area contributed by atoms with Gasteiger partial charge in [0.2, 0.25) is 0 Å². The Labute approximate surface area is 779 Å². The number of hydrogen-bond donors (Lipinski definition) is 0. The third kappa shape index (κ3) is 13.2. The predicted octanol–water partition coefficient (Wildman–Crippen LogP) is 33.2. The molecule has 0 amide bonds. The van der Waals surface area contributed by atoms with Crippen LogP contribution < -0.4 is 5.46 Å². The molecule has 3 heterocycles. The standard InChI is InChI=1S/C57H36ClN.C33H21Br.C30H27BClNO2.2CH4/c1-2-36-11-9-12-38(31-36)41-23-28-47-45-15-3-6-18-51(45)57(53(47)34-41)52-19-7-4-16-46(52)48-29-24-42(35-54(48)57)39-13-10-14-44(32-39)59-55-20-8-5-17-49(55)50-33-40(25-30-56(50)59)37-21-26-43(58)27-22-37;1-2-21-8-7-9-22(18-21)23-14-16-27-25-10-3-5-12-29(25)33(31(27)19-23)30-13-6-4-11-26(30)28-17-15-24(34)20-32(28)33;1-29(2)30(3,4)35-31(34-29)22-8-7-9-24(19-22)33-27-11-6-5-10-25(27)26-18-21(14-17-28(26)33)20-12-15-23(32)16-13-20;;/h2-35H,1H2;2-20H,1H2;5-19H,1-4H3;2*1H4. The predicted molar refractivity (Wildman–Crippen MR) is 555 cm³/mol. The molecule has 0 N–H and O–H groups in total. The van der Waals surface area contributed by atoms with Crippen LogP contribution in [0.5, 0.6) is 0 Å². The summed E-state index contributed by atoms with van der Waals surface area (Å²) in [4.78, 5) is 0. The Morgan fingerprint density at radius 3 is 0.992 bits per heavy atom. The van der Waals surface area contributed by atoms with Crippen molar-refractivity contribution in [3.05, 3.63) is 484 Å². The lowest BCUT2D eigenvalue weighted by atomic mass is 9.70. The summed E-state index contributed by atoms with van der Waals surface area (Å²) in [5, 5.41) is 6.38. The van der Waals surface area contributed by atoms with E-state index >= 15 is 0 Å². The Morgan fingerprint density at radius 2 is 0.577 bits per heavy atom. The highest BCUT2D eigenvalue weighted by Gasteiger charge is 2.55. The van der Waals surface area contributed by atoms with E-state index in [2.05, 4.69) is 442 Å². The Kier molecular flexibility index (Phi) is 20.7. The molecular formula is C122H92BBrCl2N2O2. The summed E-state index contributed by atoms with van der Waals surface area (Å²) in [6.45, 7) is 16.4. The van der Waals surface area contributed by atoms with E-state index in [0.717, 1.165) is 59.1 Å². The molecule has 2 aromatic heterocycles. The summed E-state index contributed by atoms with van der Waals surface area (Å²) >= 11 is 16.1. The van der Waals surface area contributed by atoms with E-state index < -0.39 is 12.5 Å². The molecule has 2 spiro atoms. The fourth-order valence-corrected chi connectivity index (χ4v) is 21.9. The second-order valence-corrected chi connectivity index (χ2v) is 37.0. The lowest BCUT2D eigenvalue weighted by Crippen LogP contribution is -2.41. The van der Waals surface area contributed by atoms with Crippen molar-refractivity contribution in [2.45, 2.75) is 64.6 Å². The Bertz CT molecular complexity index is 7970. The largest absolute Gasteiger partial charge is 0.494 e. The molecule has 130 heavy (non-hydrogen) atoms. The normalized spacial score (nSPS) is 15.5. The molecular weight excluding hydrogens is 1690 g/mol. The maximum Gasteiger partial charge on any atom is 0.494 e. The number of benzene rings is 18. The first-order valence-electron chi connectivity index (χ1n) is 43.8. The van der Waals surface area contributed by atoms with Gasteiger partial charge in [0.05, 0.1) is 44.1 Å².